The summed E-state index contributed by atoms with van der Waals surface area (Å²) < 4.78 is 0. The molecular formula is C15H14ClN3O3. The number of benzene rings is 2. The Balaban J connectivity index is 2.04. The maximum Gasteiger partial charge on any atom is 0.321 e. The van der Waals surface area contributed by atoms with Crippen molar-refractivity contribution in [2.75, 3.05) is 12.4 Å². The molecule has 2 amide bonds. The highest BCUT2D eigenvalue weighted by molar-refractivity contribution is 6.33. The first-order valence-electron chi connectivity index (χ1n) is 6.47. The van der Waals surface area contributed by atoms with Crippen molar-refractivity contribution in [3.05, 3.63) is 69.2 Å². The van der Waals surface area contributed by atoms with Gasteiger partial charge in [0, 0.05) is 25.7 Å². The number of carbonyl (C=O) groups is 1. The minimum Gasteiger partial charge on any atom is -0.323 e. The molecule has 0 unspecified atom stereocenters. The third-order valence-electron chi connectivity index (χ3n) is 3.00. The van der Waals surface area contributed by atoms with Crippen LogP contribution in [0, 0.1) is 10.1 Å². The zero-order chi connectivity index (χ0) is 16.1. The molecule has 0 aromatic heterocycles. The Morgan fingerprint density at radius 2 is 2.00 bits per heavy atom. The molecule has 7 heteroatoms. The fourth-order valence-electron chi connectivity index (χ4n) is 1.89. The monoisotopic (exact) mass is 319 g/mol. The minimum absolute atomic E-state index is 0.00240. The topological polar surface area (TPSA) is 75.5 Å². The first-order chi connectivity index (χ1) is 10.5. The predicted molar refractivity (Wildman–Crippen MR) is 85.0 cm³/mol. The largest absolute Gasteiger partial charge is 0.323 e. The molecule has 0 fully saturated rings. The average Bonchev–Trinajstić information content (AvgIpc) is 2.49. The maximum atomic E-state index is 12.1. The second-order valence-corrected chi connectivity index (χ2v) is 5.10. The third-order valence-corrected chi connectivity index (χ3v) is 3.33. The summed E-state index contributed by atoms with van der Waals surface area (Å²) in [5, 5.41) is 13.9. The van der Waals surface area contributed by atoms with E-state index in [1.54, 1.807) is 43.4 Å². The molecule has 6 nitrogen and oxygen atoms in total. The van der Waals surface area contributed by atoms with Gasteiger partial charge in [0.2, 0.25) is 0 Å². The van der Waals surface area contributed by atoms with Crippen molar-refractivity contribution in [3.63, 3.8) is 0 Å². The van der Waals surface area contributed by atoms with Gasteiger partial charge in [-0.05, 0) is 17.7 Å². The second-order valence-electron chi connectivity index (χ2n) is 4.69. The molecule has 0 saturated carbocycles. The number of urea groups is 1. The van der Waals surface area contributed by atoms with Crippen LogP contribution in [-0.2, 0) is 6.54 Å². The Morgan fingerprint density at radius 1 is 1.27 bits per heavy atom. The molecule has 2 aromatic carbocycles. The van der Waals surface area contributed by atoms with E-state index in [4.69, 9.17) is 11.6 Å². The van der Waals surface area contributed by atoms with E-state index in [2.05, 4.69) is 5.32 Å². The van der Waals surface area contributed by atoms with E-state index in [9.17, 15) is 14.9 Å². The van der Waals surface area contributed by atoms with Crippen molar-refractivity contribution in [2.45, 2.75) is 6.54 Å². The van der Waals surface area contributed by atoms with Crippen LogP contribution < -0.4 is 5.32 Å². The number of hydrogen-bond donors (Lipinski definition) is 1. The summed E-state index contributed by atoms with van der Waals surface area (Å²) >= 11 is 5.98. The van der Waals surface area contributed by atoms with Crippen molar-refractivity contribution in [1.82, 2.24) is 4.90 Å². The Morgan fingerprint density at radius 3 is 2.68 bits per heavy atom. The summed E-state index contributed by atoms with van der Waals surface area (Å²) in [6.45, 7) is 0.248. The SMILES string of the molecule is CN(Cc1cccc([N+](=O)[O-])c1)C(=O)Nc1ccccc1Cl. The van der Waals surface area contributed by atoms with Crippen molar-refractivity contribution in [3.8, 4) is 0 Å². The smallest absolute Gasteiger partial charge is 0.321 e. The number of rotatable bonds is 4. The van der Waals surface area contributed by atoms with Gasteiger partial charge >= 0.3 is 6.03 Å². The van der Waals surface area contributed by atoms with Gasteiger partial charge in [0.15, 0.2) is 0 Å². The molecule has 114 valence electrons. The van der Waals surface area contributed by atoms with Gasteiger partial charge in [-0.2, -0.15) is 0 Å². The molecule has 1 N–H and O–H groups in total. The van der Waals surface area contributed by atoms with Gasteiger partial charge in [0.1, 0.15) is 0 Å². The van der Waals surface area contributed by atoms with Crippen LogP contribution >= 0.6 is 11.6 Å². The van der Waals surface area contributed by atoms with Gasteiger partial charge in [-0.25, -0.2) is 4.79 Å². The molecule has 0 radical (unpaired) electrons. The van der Waals surface area contributed by atoms with E-state index >= 15 is 0 Å². The van der Waals surface area contributed by atoms with E-state index in [1.165, 1.54) is 17.0 Å². The number of anilines is 1. The fourth-order valence-corrected chi connectivity index (χ4v) is 2.07. The number of nitro groups is 1. The van der Waals surface area contributed by atoms with Crippen LogP contribution in [0.25, 0.3) is 0 Å². The van der Waals surface area contributed by atoms with Crippen LogP contribution in [0.3, 0.4) is 0 Å². The Kier molecular flexibility index (Phi) is 4.95. The lowest BCUT2D eigenvalue weighted by Crippen LogP contribution is -2.30. The summed E-state index contributed by atoms with van der Waals surface area (Å²) in [6.07, 6.45) is 0. The van der Waals surface area contributed by atoms with E-state index < -0.39 is 4.92 Å². The van der Waals surface area contributed by atoms with Crippen LogP contribution in [0.4, 0.5) is 16.2 Å². The van der Waals surface area contributed by atoms with E-state index in [0.717, 1.165) is 0 Å². The number of nitro benzene ring substituents is 1. The lowest BCUT2D eigenvalue weighted by molar-refractivity contribution is -0.384. The van der Waals surface area contributed by atoms with Gasteiger partial charge in [-0.15, -0.1) is 0 Å². The Bertz CT molecular complexity index is 706. The van der Waals surface area contributed by atoms with Gasteiger partial charge in [-0.1, -0.05) is 35.9 Å². The quantitative estimate of drug-likeness (QED) is 0.685. The molecule has 0 saturated heterocycles. The minimum atomic E-state index is -0.465. The van der Waals surface area contributed by atoms with Gasteiger partial charge in [-0.3, -0.25) is 10.1 Å². The first kappa shape index (κ1) is 15.8. The molecule has 0 aliphatic carbocycles. The average molecular weight is 320 g/mol. The highest BCUT2D eigenvalue weighted by Gasteiger charge is 2.12. The van der Waals surface area contributed by atoms with Crippen molar-refractivity contribution >= 4 is 29.0 Å². The van der Waals surface area contributed by atoms with E-state index in [1.807, 2.05) is 0 Å². The zero-order valence-corrected chi connectivity index (χ0v) is 12.6. The summed E-state index contributed by atoms with van der Waals surface area (Å²) in [6, 6.07) is 12.7. The number of hydrogen-bond acceptors (Lipinski definition) is 3. The summed E-state index contributed by atoms with van der Waals surface area (Å²) in [5.41, 5.74) is 1.18. The molecule has 0 aliphatic heterocycles. The Hall–Kier alpha value is -2.60. The fraction of sp³-hybridized carbons (Fsp3) is 0.133. The number of nitrogens with zero attached hydrogens (tertiary/aromatic N) is 2. The number of amides is 2. The number of nitrogens with one attached hydrogen (secondary N) is 1. The first-order valence-corrected chi connectivity index (χ1v) is 6.85. The van der Waals surface area contributed by atoms with Gasteiger partial charge < -0.3 is 10.2 Å². The van der Waals surface area contributed by atoms with E-state index in [0.29, 0.717) is 16.3 Å². The van der Waals surface area contributed by atoms with Crippen LogP contribution in [0.5, 0.6) is 0 Å². The van der Waals surface area contributed by atoms with Gasteiger partial charge in [0.05, 0.1) is 15.6 Å². The summed E-state index contributed by atoms with van der Waals surface area (Å²) in [5.74, 6) is 0. The normalized spacial score (nSPS) is 10.1. The molecular weight excluding hydrogens is 306 g/mol. The second kappa shape index (κ2) is 6.91. The standard InChI is InChI=1S/C15H14ClN3O3/c1-18(10-11-5-4-6-12(9-11)19(21)22)15(20)17-14-8-3-2-7-13(14)16/h2-9H,10H2,1H3,(H,17,20). The Labute approximate surface area is 132 Å². The lowest BCUT2D eigenvalue weighted by atomic mass is 10.2. The van der Waals surface area contributed by atoms with Crippen LogP contribution in [0.2, 0.25) is 5.02 Å². The number of carbonyl (C=O) groups excluding carboxylic acids is 1. The number of para-hydroxylation sites is 1. The molecule has 22 heavy (non-hydrogen) atoms. The summed E-state index contributed by atoms with van der Waals surface area (Å²) in [7, 11) is 1.60. The molecule has 2 rings (SSSR count). The van der Waals surface area contributed by atoms with Crippen LogP contribution in [0.15, 0.2) is 48.5 Å². The zero-order valence-electron chi connectivity index (χ0n) is 11.8. The van der Waals surface area contributed by atoms with Gasteiger partial charge in [0.25, 0.3) is 5.69 Å². The molecule has 2 aromatic rings. The molecule has 0 aliphatic rings. The molecule has 0 bridgehead atoms. The van der Waals surface area contributed by atoms with Crippen LogP contribution in [-0.4, -0.2) is 22.9 Å². The molecule has 0 atom stereocenters. The maximum absolute atomic E-state index is 12.1. The van der Waals surface area contributed by atoms with Crippen molar-refractivity contribution in [2.24, 2.45) is 0 Å². The molecule has 0 spiro atoms. The van der Waals surface area contributed by atoms with Crippen LogP contribution in [0.1, 0.15) is 5.56 Å². The lowest BCUT2D eigenvalue weighted by Gasteiger charge is -2.18. The number of halogens is 1. The third kappa shape index (κ3) is 3.95. The highest BCUT2D eigenvalue weighted by Crippen LogP contribution is 2.21. The molecule has 0 heterocycles. The highest BCUT2D eigenvalue weighted by atomic mass is 35.5. The summed E-state index contributed by atoms with van der Waals surface area (Å²) in [4.78, 5) is 23.8. The van der Waals surface area contributed by atoms with Crippen molar-refractivity contribution in [1.29, 1.82) is 0 Å². The predicted octanol–water partition coefficient (Wildman–Crippen LogP) is 3.91. The van der Waals surface area contributed by atoms with E-state index in [-0.39, 0.29) is 18.3 Å². The number of non-ortho nitro benzene ring substituents is 1. The van der Waals surface area contributed by atoms with Crippen molar-refractivity contribution < 1.29 is 9.72 Å².